The minimum absolute atomic E-state index is 0.0287. The summed E-state index contributed by atoms with van der Waals surface area (Å²) in [4.78, 5) is 10.5. The summed E-state index contributed by atoms with van der Waals surface area (Å²) >= 11 is 0. The van der Waals surface area contributed by atoms with Crippen molar-refractivity contribution in [2.75, 3.05) is 14.1 Å². The van der Waals surface area contributed by atoms with Crippen molar-refractivity contribution in [2.45, 2.75) is 19.4 Å². The summed E-state index contributed by atoms with van der Waals surface area (Å²) < 4.78 is 7.51. The largest absolute Gasteiger partial charge is 0.483 e. The van der Waals surface area contributed by atoms with Crippen LogP contribution in [-0.4, -0.2) is 40.2 Å². The van der Waals surface area contributed by atoms with Crippen LogP contribution in [0, 0.1) is 10.1 Å². The Labute approximate surface area is 122 Å². The molecule has 1 aliphatic rings. The number of nitrogens with zero attached hydrogens (tertiary/aromatic N) is 2. The van der Waals surface area contributed by atoms with E-state index in [2.05, 4.69) is 5.48 Å². The van der Waals surface area contributed by atoms with Crippen molar-refractivity contribution in [2.24, 2.45) is 0 Å². The number of ether oxygens (including phenoxy) is 1. The van der Waals surface area contributed by atoms with Gasteiger partial charge in [0.05, 0.1) is 24.6 Å². The molecule has 7 heteroatoms. The van der Waals surface area contributed by atoms with E-state index in [-0.39, 0.29) is 5.69 Å². The Morgan fingerprint density at radius 2 is 2.05 bits per heavy atom. The summed E-state index contributed by atoms with van der Waals surface area (Å²) in [7, 11) is 3.53. The van der Waals surface area contributed by atoms with Gasteiger partial charge in [0, 0.05) is 17.7 Å². The Kier molecular flexibility index (Phi) is 3.69. The van der Waals surface area contributed by atoms with Gasteiger partial charge in [-0.15, -0.1) is 5.48 Å². The van der Waals surface area contributed by atoms with Gasteiger partial charge in [0.2, 0.25) is 0 Å². The molecule has 1 aliphatic heterocycles. The van der Waals surface area contributed by atoms with E-state index in [1.54, 1.807) is 24.7 Å². The van der Waals surface area contributed by atoms with Gasteiger partial charge in [-0.25, -0.2) is 5.21 Å². The van der Waals surface area contributed by atoms with Crippen molar-refractivity contribution >= 4 is 17.1 Å². The van der Waals surface area contributed by atoms with Gasteiger partial charge in [-0.1, -0.05) is 0 Å². The van der Waals surface area contributed by atoms with E-state index < -0.39 is 10.5 Å². The number of nitrogens with one attached hydrogen (secondary N) is 1. The van der Waals surface area contributed by atoms with Crippen LogP contribution in [0.5, 0.6) is 5.75 Å². The van der Waals surface area contributed by atoms with Crippen LogP contribution >= 0.6 is 0 Å². The molecule has 0 spiro atoms. The third-order valence-electron chi connectivity index (χ3n) is 3.14. The maximum Gasteiger partial charge on any atom is 0.307 e. The zero-order chi connectivity index (χ0) is 15.8. The minimum atomic E-state index is -0.587. The summed E-state index contributed by atoms with van der Waals surface area (Å²) in [6.07, 6.45) is 1.82. The van der Waals surface area contributed by atoms with E-state index in [0.717, 1.165) is 0 Å². The van der Waals surface area contributed by atoms with Gasteiger partial charge in [-0.05, 0) is 26.0 Å². The summed E-state index contributed by atoms with van der Waals surface area (Å²) in [5.41, 5.74) is 2.75. The molecule has 0 saturated heterocycles. The SMILES string of the molecule is C[N+](C)=C(NO)C1=CC(C)(C)Oc2ccc([N+](=O)[O-])cc21. The van der Waals surface area contributed by atoms with Crippen molar-refractivity contribution in [3.63, 3.8) is 0 Å². The van der Waals surface area contributed by atoms with Crippen LogP contribution in [-0.2, 0) is 0 Å². The molecule has 0 aromatic heterocycles. The quantitative estimate of drug-likeness (QED) is 0.285. The van der Waals surface area contributed by atoms with Crippen LogP contribution in [0.2, 0.25) is 0 Å². The summed E-state index contributed by atoms with van der Waals surface area (Å²) in [6, 6.07) is 4.42. The highest BCUT2D eigenvalue weighted by molar-refractivity contribution is 6.21. The third kappa shape index (κ3) is 2.87. The van der Waals surface area contributed by atoms with Gasteiger partial charge >= 0.3 is 5.84 Å². The number of nitro groups is 1. The first-order chi connectivity index (χ1) is 9.75. The topological polar surface area (TPSA) is 87.6 Å². The fraction of sp³-hybridized carbons (Fsp3) is 0.357. The molecule has 0 radical (unpaired) electrons. The first kappa shape index (κ1) is 15.0. The number of hydrogen-bond acceptors (Lipinski definition) is 4. The number of benzene rings is 1. The zero-order valence-electron chi connectivity index (χ0n) is 12.4. The van der Waals surface area contributed by atoms with E-state index in [0.29, 0.717) is 22.7 Å². The van der Waals surface area contributed by atoms with Crippen LogP contribution in [0.4, 0.5) is 5.69 Å². The smallest absolute Gasteiger partial charge is 0.307 e. The molecule has 0 amide bonds. The molecule has 0 unspecified atom stereocenters. The average Bonchev–Trinajstić information content (AvgIpc) is 2.37. The fourth-order valence-electron chi connectivity index (χ4n) is 2.27. The number of hydrogen-bond donors (Lipinski definition) is 2. The lowest BCUT2D eigenvalue weighted by atomic mass is 9.93. The highest BCUT2D eigenvalue weighted by Gasteiger charge is 2.32. The van der Waals surface area contributed by atoms with Crippen molar-refractivity contribution in [3.05, 3.63) is 40.0 Å². The van der Waals surface area contributed by atoms with Crippen molar-refractivity contribution in [3.8, 4) is 5.75 Å². The van der Waals surface area contributed by atoms with Crippen LogP contribution in [0.3, 0.4) is 0 Å². The Morgan fingerprint density at radius 1 is 1.38 bits per heavy atom. The maximum absolute atomic E-state index is 11.0. The molecule has 0 aliphatic carbocycles. The molecule has 0 fully saturated rings. The first-order valence-corrected chi connectivity index (χ1v) is 6.40. The third-order valence-corrected chi connectivity index (χ3v) is 3.14. The van der Waals surface area contributed by atoms with Crippen LogP contribution in [0.15, 0.2) is 24.3 Å². The van der Waals surface area contributed by atoms with Crippen molar-refractivity contribution in [1.29, 1.82) is 0 Å². The summed E-state index contributed by atoms with van der Waals surface area (Å²) in [6.45, 7) is 3.75. The van der Waals surface area contributed by atoms with Gasteiger partial charge in [0.15, 0.2) is 0 Å². The molecular weight excluding hydrogens is 274 g/mol. The molecular formula is C14H18N3O4+. The van der Waals surface area contributed by atoms with E-state index in [9.17, 15) is 15.3 Å². The Hall–Kier alpha value is -2.41. The monoisotopic (exact) mass is 292 g/mol. The van der Waals surface area contributed by atoms with Gasteiger partial charge in [0.25, 0.3) is 5.69 Å². The second-order valence-corrected chi connectivity index (χ2v) is 5.56. The molecule has 2 rings (SSSR count). The number of amidine groups is 1. The van der Waals surface area contributed by atoms with Crippen LogP contribution in [0.1, 0.15) is 19.4 Å². The number of fused-ring (bicyclic) bond motifs is 1. The van der Waals surface area contributed by atoms with E-state index in [4.69, 9.17) is 4.74 Å². The molecule has 1 aromatic rings. The van der Waals surface area contributed by atoms with Crippen molar-refractivity contribution < 1.29 is 19.4 Å². The second kappa shape index (κ2) is 5.17. The lowest BCUT2D eigenvalue weighted by Gasteiger charge is -2.30. The summed E-state index contributed by atoms with van der Waals surface area (Å²) in [5.74, 6) is 0.978. The lowest BCUT2D eigenvalue weighted by molar-refractivity contribution is -0.467. The van der Waals surface area contributed by atoms with Gasteiger partial charge in [-0.2, -0.15) is 0 Å². The van der Waals surface area contributed by atoms with Crippen LogP contribution in [0.25, 0.3) is 5.57 Å². The van der Waals surface area contributed by atoms with E-state index >= 15 is 0 Å². The highest BCUT2D eigenvalue weighted by atomic mass is 16.6. The van der Waals surface area contributed by atoms with Gasteiger partial charge in [0.1, 0.15) is 11.4 Å². The molecule has 1 aromatic carbocycles. The second-order valence-electron chi connectivity index (χ2n) is 5.56. The van der Waals surface area contributed by atoms with Gasteiger partial charge < -0.3 is 4.74 Å². The van der Waals surface area contributed by atoms with E-state index in [1.165, 1.54) is 12.1 Å². The first-order valence-electron chi connectivity index (χ1n) is 6.40. The Balaban J connectivity index is 2.69. The van der Waals surface area contributed by atoms with Gasteiger partial charge in [-0.3, -0.25) is 14.7 Å². The average molecular weight is 292 g/mol. The molecule has 0 atom stereocenters. The number of rotatable bonds is 2. The number of non-ortho nitro benzene ring substituents is 1. The summed E-state index contributed by atoms with van der Waals surface area (Å²) in [5, 5.41) is 20.3. The number of nitro benzene ring substituents is 1. The van der Waals surface area contributed by atoms with Crippen LogP contribution < -0.4 is 10.2 Å². The molecule has 7 nitrogen and oxygen atoms in total. The normalized spacial score (nSPS) is 15.4. The maximum atomic E-state index is 11.0. The molecule has 0 bridgehead atoms. The molecule has 0 saturated carbocycles. The zero-order valence-corrected chi connectivity index (χ0v) is 12.4. The Bertz CT molecular complexity index is 658. The predicted octanol–water partition coefficient (Wildman–Crippen LogP) is 1.80. The molecule has 112 valence electrons. The van der Waals surface area contributed by atoms with E-state index in [1.807, 2.05) is 19.9 Å². The highest BCUT2D eigenvalue weighted by Crippen LogP contribution is 2.38. The standard InChI is InChI=1S/C14H17N3O4/c1-14(2)8-11(13(15-18)16(3)4)10-7-9(17(19)20)5-6-12(10)21-14/h5-8,18H,1-4H3/p+1. The number of hydroxylamine groups is 1. The fourth-order valence-corrected chi connectivity index (χ4v) is 2.27. The predicted molar refractivity (Wildman–Crippen MR) is 77.8 cm³/mol. The van der Waals surface area contributed by atoms with Crippen molar-refractivity contribution in [1.82, 2.24) is 5.48 Å². The minimum Gasteiger partial charge on any atom is -0.483 e. The lowest BCUT2D eigenvalue weighted by Crippen LogP contribution is -2.35. The molecule has 2 N–H and O–H groups in total. The molecule has 21 heavy (non-hydrogen) atoms. The molecule has 1 heterocycles. The Morgan fingerprint density at radius 3 is 2.57 bits per heavy atom.